The SMILES string of the molecule is CNCC(C)Oc1c(C)cc(C#N)cc1C. The monoisotopic (exact) mass is 218 g/mol. The topological polar surface area (TPSA) is 45.0 Å². The second kappa shape index (κ2) is 5.53. The van der Waals surface area contributed by atoms with E-state index in [0.717, 1.165) is 23.4 Å². The van der Waals surface area contributed by atoms with Crippen molar-refractivity contribution in [2.24, 2.45) is 0 Å². The van der Waals surface area contributed by atoms with Crippen LogP contribution in [-0.2, 0) is 0 Å². The number of hydrogen-bond donors (Lipinski definition) is 1. The number of rotatable bonds is 4. The summed E-state index contributed by atoms with van der Waals surface area (Å²) in [4.78, 5) is 0. The van der Waals surface area contributed by atoms with Crippen LogP contribution in [0.2, 0.25) is 0 Å². The van der Waals surface area contributed by atoms with Crippen molar-refractivity contribution in [2.45, 2.75) is 26.9 Å². The summed E-state index contributed by atoms with van der Waals surface area (Å²) in [6, 6.07) is 5.86. The molecule has 0 aromatic heterocycles. The van der Waals surface area contributed by atoms with Crippen molar-refractivity contribution in [1.29, 1.82) is 5.26 Å². The van der Waals surface area contributed by atoms with Crippen molar-refractivity contribution in [2.75, 3.05) is 13.6 Å². The van der Waals surface area contributed by atoms with Gasteiger partial charge in [-0.2, -0.15) is 5.26 Å². The molecule has 1 rings (SSSR count). The van der Waals surface area contributed by atoms with Crippen molar-refractivity contribution >= 4 is 0 Å². The third-order valence-electron chi connectivity index (χ3n) is 2.40. The van der Waals surface area contributed by atoms with Crippen LogP contribution in [0.1, 0.15) is 23.6 Å². The maximum atomic E-state index is 8.84. The van der Waals surface area contributed by atoms with E-state index in [2.05, 4.69) is 11.4 Å². The van der Waals surface area contributed by atoms with Crippen LogP contribution in [0.15, 0.2) is 12.1 Å². The highest BCUT2D eigenvalue weighted by molar-refractivity contribution is 5.47. The van der Waals surface area contributed by atoms with Gasteiger partial charge in [0, 0.05) is 6.54 Å². The van der Waals surface area contributed by atoms with E-state index in [9.17, 15) is 0 Å². The Hall–Kier alpha value is -1.53. The zero-order valence-electron chi connectivity index (χ0n) is 10.3. The van der Waals surface area contributed by atoms with Gasteiger partial charge in [-0.25, -0.2) is 0 Å². The van der Waals surface area contributed by atoms with E-state index in [-0.39, 0.29) is 6.10 Å². The maximum absolute atomic E-state index is 8.84. The molecule has 0 bridgehead atoms. The Bertz CT molecular complexity index is 384. The molecular formula is C13H18N2O. The summed E-state index contributed by atoms with van der Waals surface area (Å²) < 4.78 is 5.84. The van der Waals surface area contributed by atoms with E-state index in [1.807, 2.05) is 40.0 Å². The van der Waals surface area contributed by atoms with Crippen molar-refractivity contribution in [3.63, 3.8) is 0 Å². The molecule has 1 atom stereocenters. The second-order valence-electron chi connectivity index (χ2n) is 4.04. The fourth-order valence-corrected chi connectivity index (χ4v) is 1.73. The Morgan fingerprint density at radius 2 is 1.94 bits per heavy atom. The lowest BCUT2D eigenvalue weighted by Crippen LogP contribution is -2.26. The van der Waals surface area contributed by atoms with Crippen LogP contribution in [-0.4, -0.2) is 19.7 Å². The van der Waals surface area contributed by atoms with E-state index in [1.165, 1.54) is 0 Å². The van der Waals surface area contributed by atoms with E-state index in [4.69, 9.17) is 10.00 Å². The molecule has 0 spiro atoms. The van der Waals surface area contributed by atoms with Crippen LogP contribution >= 0.6 is 0 Å². The van der Waals surface area contributed by atoms with Gasteiger partial charge in [-0.05, 0) is 51.1 Å². The molecule has 16 heavy (non-hydrogen) atoms. The summed E-state index contributed by atoms with van der Waals surface area (Å²) in [5.74, 6) is 0.891. The first kappa shape index (κ1) is 12.5. The van der Waals surface area contributed by atoms with Gasteiger partial charge in [0.2, 0.25) is 0 Å². The van der Waals surface area contributed by atoms with E-state index in [0.29, 0.717) is 5.56 Å². The molecule has 1 aromatic carbocycles. The third-order valence-corrected chi connectivity index (χ3v) is 2.40. The number of nitrogens with zero attached hydrogens (tertiary/aromatic N) is 1. The molecule has 0 heterocycles. The summed E-state index contributed by atoms with van der Waals surface area (Å²) in [7, 11) is 1.90. The minimum Gasteiger partial charge on any atom is -0.489 e. The van der Waals surface area contributed by atoms with Gasteiger partial charge in [0.25, 0.3) is 0 Å². The molecule has 0 saturated carbocycles. The summed E-state index contributed by atoms with van der Waals surface area (Å²) in [6.45, 7) is 6.76. The lowest BCUT2D eigenvalue weighted by Gasteiger charge is -2.18. The largest absolute Gasteiger partial charge is 0.489 e. The van der Waals surface area contributed by atoms with Crippen LogP contribution in [0.5, 0.6) is 5.75 Å². The molecule has 3 nitrogen and oxygen atoms in total. The van der Waals surface area contributed by atoms with Gasteiger partial charge in [-0.1, -0.05) is 0 Å². The number of aryl methyl sites for hydroxylation is 2. The first-order chi connectivity index (χ1) is 7.58. The normalized spacial score (nSPS) is 11.9. The quantitative estimate of drug-likeness (QED) is 0.842. The summed E-state index contributed by atoms with van der Waals surface area (Å²) in [6.07, 6.45) is 0.121. The highest BCUT2D eigenvalue weighted by Gasteiger charge is 2.09. The van der Waals surface area contributed by atoms with Gasteiger partial charge in [0.05, 0.1) is 11.6 Å². The summed E-state index contributed by atoms with van der Waals surface area (Å²) >= 11 is 0. The van der Waals surface area contributed by atoms with Crippen molar-refractivity contribution < 1.29 is 4.74 Å². The molecule has 3 heteroatoms. The first-order valence-electron chi connectivity index (χ1n) is 5.41. The van der Waals surface area contributed by atoms with E-state index >= 15 is 0 Å². The van der Waals surface area contributed by atoms with Crippen LogP contribution in [0.25, 0.3) is 0 Å². The molecule has 1 N–H and O–H groups in total. The molecule has 1 aromatic rings. The standard InChI is InChI=1S/C13H18N2O/c1-9-5-12(7-14)6-10(2)13(9)16-11(3)8-15-4/h5-6,11,15H,8H2,1-4H3. The first-order valence-corrected chi connectivity index (χ1v) is 5.41. The van der Waals surface area contributed by atoms with E-state index < -0.39 is 0 Å². The maximum Gasteiger partial charge on any atom is 0.125 e. The van der Waals surface area contributed by atoms with Crippen LogP contribution in [0.4, 0.5) is 0 Å². The zero-order chi connectivity index (χ0) is 12.1. The number of nitriles is 1. The van der Waals surface area contributed by atoms with Crippen LogP contribution in [0.3, 0.4) is 0 Å². The second-order valence-corrected chi connectivity index (χ2v) is 4.04. The number of ether oxygens (including phenoxy) is 1. The van der Waals surface area contributed by atoms with Gasteiger partial charge in [-0.3, -0.25) is 0 Å². The smallest absolute Gasteiger partial charge is 0.125 e. The molecule has 86 valence electrons. The Morgan fingerprint density at radius 3 is 2.38 bits per heavy atom. The molecule has 0 aliphatic heterocycles. The average molecular weight is 218 g/mol. The molecule has 0 fully saturated rings. The van der Waals surface area contributed by atoms with Gasteiger partial charge >= 0.3 is 0 Å². The number of benzene rings is 1. The number of hydrogen-bond acceptors (Lipinski definition) is 3. The Morgan fingerprint density at radius 1 is 1.38 bits per heavy atom. The predicted molar refractivity (Wildman–Crippen MR) is 64.6 cm³/mol. The lowest BCUT2D eigenvalue weighted by atomic mass is 10.1. The minimum absolute atomic E-state index is 0.121. The molecule has 1 unspecified atom stereocenters. The highest BCUT2D eigenvalue weighted by atomic mass is 16.5. The summed E-state index contributed by atoms with van der Waals surface area (Å²) in [5, 5.41) is 11.9. The fraction of sp³-hybridized carbons (Fsp3) is 0.462. The molecule has 0 aliphatic rings. The lowest BCUT2D eigenvalue weighted by molar-refractivity contribution is 0.217. The molecule has 0 aliphatic carbocycles. The molecular weight excluding hydrogens is 200 g/mol. The van der Waals surface area contributed by atoms with E-state index in [1.54, 1.807) is 0 Å². The third kappa shape index (κ3) is 2.98. The zero-order valence-corrected chi connectivity index (χ0v) is 10.3. The predicted octanol–water partition coefficient (Wildman–Crippen LogP) is 2.16. The molecule has 0 saturated heterocycles. The van der Waals surface area contributed by atoms with Crippen molar-refractivity contribution in [3.8, 4) is 11.8 Å². The summed E-state index contributed by atoms with van der Waals surface area (Å²) in [5.41, 5.74) is 2.71. The van der Waals surface area contributed by atoms with Gasteiger partial charge in [0.1, 0.15) is 11.9 Å². The van der Waals surface area contributed by atoms with Gasteiger partial charge < -0.3 is 10.1 Å². The Labute approximate surface area is 97.0 Å². The van der Waals surface area contributed by atoms with Crippen LogP contribution in [0, 0.1) is 25.2 Å². The molecule has 0 radical (unpaired) electrons. The highest BCUT2D eigenvalue weighted by Crippen LogP contribution is 2.25. The average Bonchev–Trinajstić information content (AvgIpc) is 2.23. The van der Waals surface area contributed by atoms with Crippen LogP contribution < -0.4 is 10.1 Å². The Balaban J connectivity index is 2.93. The van der Waals surface area contributed by atoms with Crippen molar-refractivity contribution in [1.82, 2.24) is 5.32 Å². The van der Waals surface area contributed by atoms with Crippen molar-refractivity contribution in [3.05, 3.63) is 28.8 Å². The minimum atomic E-state index is 0.121. The number of likely N-dealkylation sites (N-methyl/N-ethyl adjacent to an activating group) is 1. The van der Waals surface area contributed by atoms with Gasteiger partial charge in [-0.15, -0.1) is 0 Å². The fourth-order valence-electron chi connectivity index (χ4n) is 1.73. The molecule has 0 amide bonds. The Kier molecular flexibility index (Phi) is 4.33. The number of nitrogens with one attached hydrogen (secondary N) is 1. The van der Waals surface area contributed by atoms with Gasteiger partial charge in [0.15, 0.2) is 0 Å².